The smallest absolute Gasteiger partial charge is 0.423 e. The average molecular weight is 363 g/mol. The second kappa shape index (κ2) is 6.68. The van der Waals surface area contributed by atoms with Crippen LogP contribution in [0, 0.1) is 0 Å². The van der Waals surface area contributed by atoms with Crippen molar-refractivity contribution in [3.05, 3.63) is 97.1 Å². The molecule has 4 heteroatoms. The Bertz CT molecular complexity index is 1290. The molecule has 134 valence electrons. The monoisotopic (exact) mass is 363 g/mol. The van der Waals surface area contributed by atoms with E-state index in [2.05, 4.69) is 65.2 Å². The fraction of sp³-hybridized carbons (Fsp3) is 0. The second-order valence-corrected chi connectivity index (χ2v) is 6.89. The minimum atomic E-state index is -1.49. The van der Waals surface area contributed by atoms with Crippen LogP contribution in [-0.4, -0.2) is 21.7 Å². The molecule has 2 N–H and O–H groups in total. The Morgan fingerprint density at radius 3 is 2.18 bits per heavy atom. The van der Waals surface area contributed by atoms with Crippen LogP contribution in [0.1, 0.15) is 0 Å². The average Bonchev–Trinajstić information content (AvgIpc) is 3.09. The van der Waals surface area contributed by atoms with Gasteiger partial charge in [-0.15, -0.1) is 0 Å². The van der Waals surface area contributed by atoms with E-state index in [0.717, 1.165) is 16.7 Å². The number of aromatic nitrogens is 1. The molecule has 0 aliphatic heterocycles. The van der Waals surface area contributed by atoms with Crippen molar-refractivity contribution >= 4 is 34.4 Å². The summed E-state index contributed by atoms with van der Waals surface area (Å²) in [7, 11) is -1.49. The van der Waals surface area contributed by atoms with Gasteiger partial charge in [0.1, 0.15) is 0 Å². The molecule has 0 saturated heterocycles. The van der Waals surface area contributed by atoms with Crippen LogP contribution < -0.4 is 5.46 Å². The lowest BCUT2D eigenvalue weighted by atomic mass is 9.80. The van der Waals surface area contributed by atoms with E-state index in [-0.39, 0.29) is 0 Å². The fourth-order valence-corrected chi connectivity index (χ4v) is 3.98. The molecular weight excluding hydrogens is 345 g/mol. The normalized spacial score (nSPS) is 11.2. The van der Waals surface area contributed by atoms with Crippen molar-refractivity contribution in [2.24, 2.45) is 0 Å². The summed E-state index contributed by atoms with van der Waals surface area (Å²) >= 11 is 0. The van der Waals surface area contributed by atoms with Crippen LogP contribution in [0.5, 0.6) is 0 Å². The highest BCUT2D eigenvalue weighted by atomic mass is 16.4. The zero-order valence-corrected chi connectivity index (χ0v) is 15.2. The summed E-state index contributed by atoms with van der Waals surface area (Å²) in [4.78, 5) is 0. The van der Waals surface area contributed by atoms with E-state index in [1.165, 1.54) is 21.9 Å². The first kappa shape index (κ1) is 16.8. The Morgan fingerprint density at radius 2 is 1.36 bits per heavy atom. The topological polar surface area (TPSA) is 45.4 Å². The summed E-state index contributed by atoms with van der Waals surface area (Å²) in [5.74, 6) is 0. The van der Waals surface area contributed by atoms with E-state index in [0.29, 0.717) is 5.46 Å². The van der Waals surface area contributed by atoms with Gasteiger partial charge in [0.25, 0.3) is 0 Å². The molecule has 3 nitrogen and oxygen atoms in total. The molecule has 5 aromatic rings. The van der Waals surface area contributed by atoms with Crippen molar-refractivity contribution in [3.63, 3.8) is 0 Å². The zero-order valence-electron chi connectivity index (χ0n) is 15.2. The molecule has 28 heavy (non-hydrogen) atoms. The number of fused-ring (bicyclic) bond motifs is 3. The molecule has 0 bridgehead atoms. The molecule has 1 heterocycles. The van der Waals surface area contributed by atoms with Crippen molar-refractivity contribution in [1.29, 1.82) is 0 Å². The predicted octanol–water partition coefficient (Wildman–Crippen LogP) is 4.13. The molecule has 0 aliphatic rings. The number of hydrogen-bond donors (Lipinski definition) is 2. The molecule has 4 aromatic carbocycles. The van der Waals surface area contributed by atoms with E-state index in [9.17, 15) is 10.0 Å². The molecule has 1 aromatic heterocycles. The first-order valence-electron chi connectivity index (χ1n) is 9.28. The van der Waals surface area contributed by atoms with Crippen molar-refractivity contribution < 1.29 is 10.0 Å². The fourth-order valence-electron chi connectivity index (χ4n) is 3.98. The van der Waals surface area contributed by atoms with E-state index in [1.54, 1.807) is 6.07 Å². The summed E-state index contributed by atoms with van der Waals surface area (Å²) in [5.41, 5.74) is 5.92. The van der Waals surface area contributed by atoms with Gasteiger partial charge in [-0.3, -0.25) is 0 Å². The molecule has 0 atom stereocenters. The highest BCUT2D eigenvalue weighted by Gasteiger charge is 2.17. The van der Waals surface area contributed by atoms with Crippen LogP contribution in [0.25, 0.3) is 38.6 Å². The van der Waals surface area contributed by atoms with Crippen LogP contribution >= 0.6 is 0 Å². The van der Waals surface area contributed by atoms with Gasteiger partial charge in [0.2, 0.25) is 0 Å². The Kier molecular flexibility index (Phi) is 4.01. The zero-order chi connectivity index (χ0) is 19.1. The van der Waals surface area contributed by atoms with Gasteiger partial charge < -0.3 is 14.6 Å². The maximum absolute atomic E-state index is 9.61. The summed E-state index contributed by atoms with van der Waals surface area (Å²) in [6.45, 7) is 0. The van der Waals surface area contributed by atoms with Crippen LogP contribution in [0.2, 0.25) is 0 Å². The Labute approximate surface area is 163 Å². The van der Waals surface area contributed by atoms with Crippen molar-refractivity contribution in [3.8, 4) is 16.8 Å². The first-order chi connectivity index (χ1) is 13.7. The van der Waals surface area contributed by atoms with Crippen LogP contribution in [0.4, 0.5) is 0 Å². The van der Waals surface area contributed by atoms with Crippen LogP contribution in [0.3, 0.4) is 0 Å². The van der Waals surface area contributed by atoms with Gasteiger partial charge in [-0.05, 0) is 40.9 Å². The SMILES string of the molecule is OB(O)c1cccc(-n2c3ccccc3c3c(-c4ccccc4)cccc32)c1. The summed E-state index contributed by atoms with van der Waals surface area (Å²) < 4.78 is 2.18. The molecule has 5 rings (SSSR count). The Hall–Kier alpha value is -3.34. The Balaban J connectivity index is 1.89. The quantitative estimate of drug-likeness (QED) is 0.474. The molecular formula is C24H18BNO2. The van der Waals surface area contributed by atoms with Crippen molar-refractivity contribution in [2.75, 3.05) is 0 Å². The number of rotatable bonds is 3. The minimum absolute atomic E-state index is 0.475. The first-order valence-corrected chi connectivity index (χ1v) is 9.28. The molecule has 0 radical (unpaired) electrons. The summed E-state index contributed by atoms with van der Waals surface area (Å²) in [5, 5.41) is 21.6. The standard InChI is InChI=1S/C24H18BNO2/c27-25(28)18-10-6-11-19(16-18)26-22-14-5-4-12-21(22)24-20(13-7-15-23(24)26)17-8-2-1-3-9-17/h1-16,27-28H. The van der Waals surface area contributed by atoms with Gasteiger partial charge in [-0.2, -0.15) is 0 Å². The largest absolute Gasteiger partial charge is 0.488 e. The lowest BCUT2D eigenvalue weighted by Crippen LogP contribution is -2.29. The molecule has 0 aliphatic carbocycles. The highest BCUT2D eigenvalue weighted by molar-refractivity contribution is 6.58. The van der Waals surface area contributed by atoms with Crippen LogP contribution in [-0.2, 0) is 0 Å². The third-order valence-electron chi connectivity index (χ3n) is 5.21. The molecule has 0 fully saturated rings. The summed E-state index contributed by atoms with van der Waals surface area (Å²) in [6.07, 6.45) is 0. The van der Waals surface area contributed by atoms with E-state index in [1.807, 2.05) is 30.3 Å². The van der Waals surface area contributed by atoms with Crippen molar-refractivity contribution in [1.82, 2.24) is 4.57 Å². The highest BCUT2D eigenvalue weighted by Crippen LogP contribution is 2.38. The summed E-state index contributed by atoms with van der Waals surface area (Å²) in [6, 6.07) is 32.5. The van der Waals surface area contributed by atoms with Gasteiger partial charge in [-0.25, -0.2) is 0 Å². The minimum Gasteiger partial charge on any atom is -0.423 e. The van der Waals surface area contributed by atoms with Gasteiger partial charge in [0, 0.05) is 16.5 Å². The number of nitrogens with zero attached hydrogens (tertiary/aromatic N) is 1. The maximum Gasteiger partial charge on any atom is 0.488 e. The van der Waals surface area contributed by atoms with Gasteiger partial charge in [0.15, 0.2) is 0 Å². The molecule has 0 spiro atoms. The van der Waals surface area contributed by atoms with Gasteiger partial charge >= 0.3 is 7.12 Å². The maximum atomic E-state index is 9.61. The lowest BCUT2D eigenvalue weighted by Gasteiger charge is -2.10. The van der Waals surface area contributed by atoms with Crippen molar-refractivity contribution in [2.45, 2.75) is 0 Å². The van der Waals surface area contributed by atoms with E-state index < -0.39 is 7.12 Å². The molecule has 0 amide bonds. The molecule has 0 saturated carbocycles. The third-order valence-corrected chi connectivity index (χ3v) is 5.21. The lowest BCUT2D eigenvalue weighted by molar-refractivity contribution is 0.426. The second-order valence-electron chi connectivity index (χ2n) is 6.89. The third kappa shape index (κ3) is 2.62. The number of para-hydroxylation sites is 1. The van der Waals surface area contributed by atoms with E-state index in [4.69, 9.17) is 0 Å². The van der Waals surface area contributed by atoms with Gasteiger partial charge in [0.05, 0.1) is 11.0 Å². The molecule has 0 unspecified atom stereocenters. The Morgan fingerprint density at radius 1 is 0.643 bits per heavy atom. The predicted molar refractivity (Wildman–Crippen MR) is 116 cm³/mol. The number of benzene rings is 4. The van der Waals surface area contributed by atoms with Crippen LogP contribution in [0.15, 0.2) is 97.1 Å². The van der Waals surface area contributed by atoms with E-state index >= 15 is 0 Å². The number of hydrogen-bond acceptors (Lipinski definition) is 2. The van der Waals surface area contributed by atoms with Gasteiger partial charge in [-0.1, -0.05) is 72.8 Å².